The predicted molar refractivity (Wildman–Crippen MR) is 130 cm³/mol. The van der Waals surface area contributed by atoms with E-state index in [2.05, 4.69) is 10.3 Å². The lowest BCUT2D eigenvalue weighted by molar-refractivity contribution is -0.115. The number of thiazole rings is 1. The van der Waals surface area contributed by atoms with Crippen LogP contribution < -0.4 is 19.1 Å². The Bertz CT molecular complexity index is 1320. The molecule has 0 radical (unpaired) electrons. The number of rotatable bonds is 7. The maximum absolute atomic E-state index is 12.6. The number of nitrogens with one attached hydrogen (secondary N) is 1. The van der Waals surface area contributed by atoms with Crippen LogP contribution in [0.15, 0.2) is 36.4 Å². The number of aromatic nitrogens is 1. The molecule has 0 unspecified atom stereocenters. The first-order valence-electron chi connectivity index (χ1n) is 10.3. The summed E-state index contributed by atoms with van der Waals surface area (Å²) in [7, 11) is -0.168. The van der Waals surface area contributed by atoms with Crippen molar-refractivity contribution in [2.75, 3.05) is 36.6 Å². The van der Waals surface area contributed by atoms with Crippen LogP contribution in [-0.2, 0) is 27.7 Å². The van der Waals surface area contributed by atoms with Crippen molar-refractivity contribution >= 4 is 38.1 Å². The first kappa shape index (κ1) is 23.1. The molecule has 3 aromatic rings. The van der Waals surface area contributed by atoms with Gasteiger partial charge < -0.3 is 14.8 Å². The molecule has 4 rings (SSSR count). The van der Waals surface area contributed by atoms with E-state index in [1.54, 1.807) is 26.4 Å². The highest BCUT2D eigenvalue weighted by molar-refractivity contribution is 7.92. The van der Waals surface area contributed by atoms with Gasteiger partial charge in [-0.05, 0) is 48.7 Å². The van der Waals surface area contributed by atoms with Gasteiger partial charge in [-0.1, -0.05) is 12.1 Å². The lowest BCUT2D eigenvalue weighted by atomic mass is 10.1. The van der Waals surface area contributed by atoms with Crippen LogP contribution in [0, 0.1) is 6.92 Å². The predicted octanol–water partition coefficient (Wildman–Crippen LogP) is 3.64. The largest absolute Gasteiger partial charge is 0.493 e. The molecule has 1 amide bonds. The van der Waals surface area contributed by atoms with Crippen LogP contribution in [0.25, 0.3) is 11.3 Å². The SMILES string of the molecule is COc1ccc(CC(=O)Nc2nc(-c3ccc4c(c3)CCN4S(C)(=O)=O)c(C)s2)cc1OC. The van der Waals surface area contributed by atoms with Gasteiger partial charge >= 0.3 is 0 Å². The van der Waals surface area contributed by atoms with Gasteiger partial charge in [-0.25, -0.2) is 13.4 Å². The second kappa shape index (κ2) is 9.03. The van der Waals surface area contributed by atoms with Crippen molar-refractivity contribution in [3.05, 3.63) is 52.4 Å². The molecule has 10 heteroatoms. The van der Waals surface area contributed by atoms with Crippen LogP contribution in [0.5, 0.6) is 11.5 Å². The maximum Gasteiger partial charge on any atom is 0.232 e. The normalized spacial score (nSPS) is 13.0. The van der Waals surface area contributed by atoms with Crippen LogP contribution in [0.2, 0.25) is 0 Å². The van der Waals surface area contributed by atoms with Gasteiger partial charge in [0.1, 0.15) is 0 Å². The summed E-state index contributed by atoms with van der Waals surface area (Å²) in [5.41, 5.74) is 4.18. The van der Waals surface area contributed by atoms with Crippen LogP contribution in [0.3, 0.4) is 0 Å². The summed E-state index contributed by atoms with van der Waals surface area (Å²) in [6.07, 6.45) is 2.06. The van der Waals surface area contributed by atoms with Crippen molar-refractivity contribution in [1.29, 1.82) is 0 Å². The molecule has 0 fully saturated rings. The zero-order valence-electron chi connectivity index (χ0n) is 18.8. The van der Waals surface area contributed by atoms with E-state index in [1.807, 2.05) is 31.2 Å². The molecule has 1 N–H and O–H groups in total. The van der Waals surface area contributed by atoms with E-state index in [0.717, 1.165) is 32.9 Å². The number of amides is 1. The molecule has 2 heterocycles. The first-order valence-corrected chi connectivity index (χ1v) is 12.9. The Kier molecular flexibility index (Phi) is 6.31. The number of fused-ring (bicyclic) bond motifs is 1. The highest BCUT2D eigenvalue weighted by atomic mass is 32.2. The molecule has 1 aliphatic rings. The lowest BCUT2D eigenvalue weighted by Crippen LogP contribution is -2.27. The number of aryl methyl sites for hydroxylation is 1. The Morgan fingerprint density at radius 3 is 2.61 bits per heavy atom. The fourth-order valence-corrected chi connectivity index (χ4v) is 5.73. The third-order valence-corrected chi connectivity index (χ3v) is 7.53. The molecule has 0 atom stereocenters. The molecular formula is C23H25N3O5S2. The van der Waals surface area contributed by atoms with Crippen molar-refractivity contribution in [2.24, 2.45) is 0 Å². The fraction of sp³-hybridized carbons (Fsp3) is 0.304. The zero-order chi connectivity index (χ0) is 23.8. The number of anilines is 2. The van der Waals surface area contributed by atoms with Crippen molar-refractivity contribution < 1.29 is 22.7 Å². The average Bonchev–Trinajstić information content (AvgIpc) is 3.36. The molecule has 1 aliphatic heterocycles. The number of ether oxygens (including phenoxy) is 2. The Morgan fingerprint density at radius 2 is 1.91 bits per heavy atom. The summed E-state index contributed by atoms with van der Waals surface area (Å²) in [6, 6.07) is 11.1. The Hall–Kier alpha value is -3.11. The Morgan fingerprint density at radius 1 is 1.15 bits per heavy atom. The molecule has 0 saturated carbocycles. The minimum absolute atomic E-state index is 0.175. The smallest absolute Gasteiger partial charge is 0.232 e. The summed E-state index contributed by atoms with van der Waals surface area (Å²) in [4.78, 5) is 18.2. The molecule has 1 aromatic heterocycles. The van der Waals surface area contributed by atoms with E-state index < -0.39 is 10.0 Å². The van der Waals surface area contributed by atoms with Gasteiger partial charge in [-0.2, -0.15) is 0 Å². The molecule has 174 valence electrons. The Labute approximate surface area is 197 Å². The third-order valence-electron chi connectivity index (χ3n) is 5.46. The first-order chi connectivity index (χ1) is 15.7. The average molecular weight is 488 g/mol. The number of nitrogens with zero attached hydrogens (tertiary/aromatic N) is 2. The third kappa shape index (κ3) is 4.81. The van der Waals surface area contributed by atoms with E-state index in [4.69, 9.17) is 9.47 Å². The van der Waals surface area contributed by atoms with Gasteiger partial charge in [0.05, 0.1) is 38.3 Å². The molecule has 0 bridgehead atoms. The number of carbonyl (C=O) groups excluding carboxylic acids is 1. The van der Waals surface area contributed by atoms with E-state index in [9.17, 15) is 13.2 Å². The lowest BCUT2D eigenvalue weighted by Gasteiger charge is -2.16. The van der Waals surface area contributed by atoms with Gasteiger partial charge in [-0.3, -0.25) is 9.10 Å². The minimum atomic E-state index is -3.29. The molecule has 0 saturated heterocycles. The number of carbonyl (C=O) groups is 1. The van der Waals surface area contributed by atoms with Crippen LogP contribution >= 0.6 is 11.3 Å². The van der Waals surface area contributed by atoms with Gasteiger partial charge in [0.2, 0.25) is 15.9 Å². The monoisotopic (exact) mass is 487 g/mol. The van der Waals surface area contributed by atoms with Gasteiger partial charge in [0, 0.05) is 17.0 Å². The van der Waals surface area contributed by atoms with Gasteiger partial charge in [0.25, 0.3) is 0 Å². The maximum atomic E-state index is 12.6. The molecule has 2 aromatic carbocycles. The van der Waals surface area contributed by atoms with Crippen LogP contribution in [0.1, 0.15) is 16.0 Å². The molecular weight excluding hydrogens is 462 g/mol. The van der Waals surface area contributed by atoms with Gasteiger partial charge in [0.15, 0.2) is 16.6 Å². The number of hydrogen-bond acceptors (Lipinski definition) is 7. The topological polar surface area (TPSA) is 97.8 Å². The molecule has 8 nitrogen and oxygen atoms in total. The van der Waals surface area contributed by atoms with E-state index in [-0.39, 0.29) is 12.3 Å². The van der Waals surface area contributed by atoms with Gasteiger partial charge in [-0.15, -0.1) is 11.3 Å². The molecule has 0 aliphatic carbocycles. The quantitative estimate of drug-likeness (QED) is 0.547. The van der Waals surface area contributed by atoms with Crippen LogP contribution in [0.4, 0.5) is 10.8 Å². The second-order valence-electron chi connectivity index (χ2n) is 7.77. The summed E-state index contributed by atoms with van der Waals surface area (Å²) < 4.78 is 35.9. The second-order valence-corrected chi connectivity index (χ2v) is 10.9. The number of methoxy groups -OCH3 is 2. The Balaban J connectivity index is 1.50. The summed E-state index contributed by atoms with van der Waals surface area (Å²) in [5.74, 6) is 0.998. The fourth-order valence-electron chi connectivity index (χ4n) is 3.92. The highest BCUT2D eigenvalue weighted by Crippen LogP contribution is 2.36. The number of hydrogen-bond donors (Lipinski definition) is 1. The van der Waals surface area contributed by atoms with Crippen molar-refractivity contribution in [3.63, 3.8) is 0 Å². The zero-order valence-corrected chi connectivity index (χ0v) is 20.5. The number of benzene rings is 2. The molecule has 0 spiro atoms. The highest BCUT2D eigenvalue weighted by Gasteiger charge is 2.26. The number of sulfonamides is 1. The minimum Gasteiger partial charge on any atom is -0.493 e. The summed E-state index contributed by atoms with van der Waals surface area (Å²) in [6.45, 7) is 2.40. The van der Waals surface area contributed by atoms with Crippen LogP contribution in [-0.4, -0.2) is 46.3 Å². The van der Waals surface area contributed by atoms with Crippen molar-refractivity contribution in [3.8, 4) is 22.8 Å². The summed E-state index contributed by atoms with van der Waals surface area (Å²) in [5, 5.41) is 3.40. The molecule has 33 heavy (non-hydrogen) atoms. The van der Waals surface area contributed by atoms with E-state index >= 15 is 0 Å². The standard InChI is InChI=1S/C23H25N3O5S2/c1-14-22(17-6-7-18-16(13-17)9-10-26(18)33(4,28)29)25-23(32-14)24-21(27)12-15-5-8-19(30-2)20(11-15)31-3/h5-8,11,13H,9-10,12H2,1-4H3,(H,24,25,27). The van der Waals surface area contributed by atoms with E-state index in [0.29, 0.717) is 29.6 Å². The van der Waals surface area contributed by atoms with Crippen molar-refractivity contribution in [1.82, 2.24) is 4.98 Å². The van der Waals surface area contributed by atoms with E-state index in [1.165, 1.54) is 21.9 Å². The van der Waals surface area contributed by atoms with Crippen molar-refractivity contribution in [2.45, 2.75) is 19.8 Å². The summed E-state index contributed by atoms with van der Waals surface area (Å²) >= 11 is 1.41.